The Bertz CT molecular complexity index is 482. The number of carbonyl (C=O) groups is 3. The third-order valence-corrected chi connectivity index (χ3v) is 1.77. The third kappa shape index (κ3) is 3.51. The number of aldehydes is 1. The summed E-state index contributed by atoms with van der Waals surface area (Å²) in [5.74, 6) is -4.05. The molecule has 0 aliphatic carbocycles. The van der Waals surface area contributed by atoms with E-state index in [0.717, 1.165) is 12.1 Å². The molecule has 1 aromatic carbocycles. The first-order valence-electron chi connectivity index (χ1n) is 4.60. The molecule has 0 aliphatic heterocycles. The van der Waals surface area contributed by atoms with Crippen LogP contribution in [0.2, 0.25) is 0 Å². The Kier molecular flexibility index (Phi) is 4.30. The van der Waals surface area contributed by atoms with Gasteiger partial charge in [-0.15, -0.1) is 0 Å². The van der Waals surface area contributed by atoms with Crippen molar-refractivity contribution in [1.29, 1.82) is 0 Å². The van der Waals surface area contributed by atoms with E-state index in [9.17, 15) is 23.2 Å². The molecule has 18 heavy (non-hydrogen) atoms. The topological polar surface area (TPSA) is 98.5 Å². The molecule has 0 saturated carbocycles. The predicted molar refractivity (Wildman–Crippen MR) is 55.0 cm³/mol. The highest BCUT2D eigenvalue weighted by molar-refractivity contribution is 5.94. The quantitative estimate of drug-likeness (QED) is 0.761. The Balaban J connectivity index is 2.76. The van der Waals surface area contributed by atoms with Crippen LogP contribution in [-0.4, -0.2) is 24.8 Å². The maximum absolute atomic E-state index is 13.3. The average molecular weight is 258 g/mol. The standard InChI is InChI=1S/C10H8F2N2O4/c11-6-1-5(3-15)2-7(12)9(6)18-4-8(16)14-10(13)17/h1-3H,4H2,(H3,13,14,16,17). The number of imide groups is 1. The van der Waals surface area contributed by atoms with Gasteiger partial charge in [0.25, 0.3) is 5.91 Å². The van der Waals surface area contributed by atoms with Gasteiger partial charge in [0.2, 0.25) is 0 Å². The van der Waals surface area contributed by atoms with Crippen molar-refractivity contribution in [2.45, 2.75) is 0 Å². The van der Waals surface area contributed by atoms with Crippen molar-refractivity contribution < 1.29 is 27.9 Å². The molecule has 1 rings (SSSR count). The van der Waals surface area contributed by atoms with E-state index in [0.29, 0.717) is 0 Å². The van der Waals surface area contributed by atoms with Crippen LogP contribution in [0.25, 0.3) is 0 Å². The fourth-order valence-electron chi connectivity index (χ4n) is 1.10. The number of rotatable bonds is 4. The van der Waals surface area contributed by atoms with Crippen LogP contribution in [-0.2, 0) is 4.79 Å². The fourth-order valence-corrected chi connectivity index (χ4v) is 1.10. The van der Waals surface area contributed by atoms with Crippen LogP contribution in [0, 0.1) is 11.6 Å². The van der Waals surface area contributed by atoms with E-state index in [1.807, 2.05) is 0 Å². The van der Waals surface area contributed by atoms with Gasteiger partial charge in [0.1, 0.15) is 6.29 Å². The van der Waals surface area contributed by atoms with Crippen LogP contribution in [0.3, 0.4) is 0 Å². The van der Waals surface area contributed by atoms with Gasteiger partial charge in [-0.1, -0.05) is 0 Å². The highest BCUT2D eigenvalue weighted by Crippen LogP contribution is 2.22. The van der Waals surface area contributed by atoms with Gasteiger partial charge in [-0.2, -0.15) is 0 Å². The third-order valence-electron chi connectivity index (χ3n) is 1.77. The van der Waals surface area contributed by atoms with E-state index in [1.165, 1.54) is 0 Å². The van der Waals surface area contributed by atoms with Crippen LogP contribution in [0.5, 0.6) is 5.75 Å². The molecule has 96 valence electrons. The smallest absolute Gasteiger partial charge is 0.318 e. The van der Waals surface area contributed by atoms with E-state index in [4.69, 9.17) is 0 Å². The average Bonchev–Trinajstić information content (AvgIpc) is 2.26. The summed E-state index contributed by atoms with van der Waals surface area (Å²) in [4.78, 5) is 31.5. The monoisotopic (exact) mass is 258 g/mol. The minimum absolute atomic E-state index is 0.209. The first-order chi connectivity index (χ1) is 8.43. The Morgan fingerprint density at radius 3 is 2.33 bits per heavy atom. The molecule has 3 amide bonds. The molecular formula is C10H8F2N2O4. The molecule has 0 heterocycles. The van der Waals surface area contributed by atoms with Gasteiger partial charge in [0.05, 0.1) is 0 Å². The zero-order chi connectivity index (χ0) is 13.7. The molecule has 0 bridgehead atoms. The van der Waals surface area contributed by atoms with Crippen LogP contribution < -0.4 is 15.8 Å². The molecule has 0 spiro atoms. The number of nitrogens with one attached hydrogen (secondary N) is 1. The molecule has 0 aromatic heterocycles. The lowest BCUT2D eigenvalue weighted by Crippen LogP contribution is -2.38. The van der Waals surface area contributed by atoms with Crippen LogP contribution in [0.1, 0.15) is 10.4 Å². The molecule has 8 heteroatoms. The van der Waals surface area contributed by atoms with Crippen molar-refractivity contribution >= 4 is 18.2 Å². The summed E-state index contributed by atoms with van der Waals surface area (Å²) in [6, 6.07) is 0.385. The fraction of sp³-hybridized carbons (Fsp3) is 0.100. The van der Waals surface area contributed by atoms with Crippen molar-refractivity contribution in [2.24, 2.45) is 5.73 Å². The van der Waals surface area contributed by atoms with Crippen molar-refractivity contribution in [3.63, 3.8) is 0 Å². The highest BCUT2D eigenvalue weighted by Gasteiger charge is 2.14. The van der Waals surface area contributed by atoms with E-state index < -0.39 is 35.9 Å². The minimum Gasteiger partial charge on any atom is -0.478 e. The Hall–Kier alpha value is -2.51. The van der Waals surface area contributed by atoms with Crippen LogP contribution in [0.15, 0.2) is 12.1 Å². The number of carbonyl (C=O) groups excluding carboxylic acids is 3. The van der Waals surface area contributed by atoms with Gasteiger partial charge in [-0.05, 0) is 12.1 Å². The summed E-state index contributed by atoms with van der Waals surface area (Å²) in [5.41, 5.74) is 4.44. The minimum atomic E-state index is -1.14. The van der Waals surface area contributed by atoms with Gasteiger partial charge >= 0.3 is 6.03 Å². The summed E-state index contributed by atoms with van der Waals surface area (Å²) in [7, 11) is 0. The first-order valence-corrected chi connectivity index (χ1v) is 4.60. The van der Waals surface area contributed by atoms with Crippen molar-refractivity contribution in [3.05, 3.63) is 29.3 Å². The molecule has 0 fully saturated rings. The van der Waals surface area contributed by atoms with Gasteiger partial charge in [-0.3, -0.25) is 14.9 Å². The molecular weight excluding hydrogens is 250 g/mol. The van der Waals surface area contributed by atoms with Crippen molar-refractivity contribution in [2.75, 3.05) is 6.61 Å². The maximum Gasteiger partial charge on any atom is 0.318 e. The summed E-state index contributed by atoms with van der Waals surface area (Å²) in [6.45, 7) is -0.794. The van der Waals surface area contributed by atoms with Gasteiger partial charge in [-0.25, -0.2) is 13.6 Å². The second kappa shape index (κ2) is 5.71. The molecule has 0 unspecified atom stereocenters. The lowest BCUT2D eigenvalue weighted by atomic mass is 10.2. The van der Waals surface area contributed by atoms with Crippen LogP contribution >= 0.6 is 0 Å². The molecule has 0 radical (unpaired) electrons. The summed E-state index contributed by atoms with van der Waals surface area (Å²) in [6.07, 6.45) is 0.260. The number of ether oxygens (including phenoxy) is 1. The summed E-state index contributed by atoms with van der Waals surface area (Å²) < 4.78 is 31.1. The van der Waals surface area contributed by atoms with E-state index in [1.54, 1.807) is 5.32 Å². The SMILES string of the molecule is NC(=O)NC(=O)COc1c(F)cc(C=O)cc1F. The zero-order valence-electron chi connectivity index (χ0n) is 8.91. The summed E-state index contributed by atoms with van der Waals surface area (Å²) in [5, 5.41) is 1.65. The lowest BCUT2D eigenvalue weighted by molar-refractivity contribution is -0.122. The van der Waals surface area contributed by atoms with E-state index in [2.05, 4.69) is 10.5 Å². The molecule has 0 aliphatic rings. The van der Waals surface area contributed by atoms with Crippen LogP contribution in [0.4, 0.5) is 13.6 Å². The maximum atomic E-state index is 13.3. The Labute approximate surface area is 99.7 Å². The van der Waals surface area contributed by atoms with Crippen molar-refractivity contribution in [3.8, 4) is 5.75 Å². The largest absolute Gasteiger partial charge is 0.478 e. The molecule has 0 saturated heterocycles. The van der Waals surface area contributed by atoms with E-state index in [-0.39, 0.29) is 11.8 Å². The molecule has 0 atom stereocenters. The normalized spacial score (nSPS) is 9.67. The van der Waals surface area contributed by atoms with Crippen molar-refractivity contribution in [1.82, 2.24) is 5.32 Å². The Morgan fingerprint density at radius 1 is 1.33 bits per heavy atom. The number of hydrogen-bond acceptors (Lipinski definition) is 4. The molecule has 1 aromatic rings. The zero-order valence-corrected chi connectivity index (χ0v) is 8.91. The first kappa shape index (κ1) is 13.6. The van der Waals surface area contributed by atoms with E-state index >= 15 is 0 Å². The number of halogens is 2. The highest BCUT2D eigenvalue weighted by atomic mass is 19.1. The van der Waals surface area contributed by atoms with Gasteiger partial charge < -0.3 is 10.5 Å². The second-order valence-electron chi connectivity index (χ2n) is 3.13. The second-order valence-corrected chi connectivity index (χ2v) is 3.13. The molecule has 6 nitrogen and oxygen atoms in total. The summed E-state index contributed by atoms with van der Waals surface area (Å²) >= 11 is 0. The number of hydrogen-bond donors (Lipinski definition) is 2. The predicted octanol–water partition coefficient (Wildman–Crippen LogP) is 0.351. The molecule has 3 N–H and O–H groups in total. The number of nitrogens with two attached hydrogens (primary N) is 1. The number of amides is 3. The van der Waals surface area contributed by atoms with Gasteiger partial charge in [0, 0.05) is 5.56 Å². The van der Waals surface area contributed by atoms with Gasteiger partial charge in [0.15, 0.2) is 24.0 Å². The Morgan fingerprint density at radius 2 is 1.89 bits per heavy atom. The number of benzene rings is 1. The number of primary amides is 1. The lowest BCUT2D eigenvalue weighted by Gasteiger charge is -2.08. The number of urea groups is 1.